The smallest absolute Gasteiger partial charge is 0.318 e. The van der Waals surface area contributed by atoms with E-state index >= 15 is 0 Å². The summed E-state index contributed by atoms with van der Waals surface area (Å²) < 4.78 is 0. The summed E-state index contributed by atoms with van der Waals surface area (Å²) in [6.07, 6.45) is 2.97. The largest absolute Gasteiger partial charge is 0.351 e. The van der Waals surface area contributed by atoms with Gasteiger partial charge in [-0.2, -0.15) is 0 Å². The highest BCUT2D eigenvalue weighted by atomic mass is 32.2. The minimum Gasteiger partial charge on any atom is -0.351 e. The molecule has 2 heterocycles. The van der Waals surface area contributed by atoms with E-state index in [4.69, 9.17) is 5.73 Å². The number of nitrogens with zero attached hydrogens (tertiary/aromatic N) is 1. The summed E-state index contributed by atoms with van der Waals surface area (Å²) in [4.78, 5) is 45.1. The molecule has 9 heteroatoms. The van der Waals surface area contributed by atoms with E-state index in [1.165, 1.54) is 4.88 Å². The third kappa shape index (κ3) is 3.78. The molecule has 0 fully saturated rings. The number of aromatic nitrogens is 2. The van der Waals surface area contributed by atoms with Crippen molar-refractivity contribution in [3.63, 3.8) is 0 Å². The van der Waals surface area contributed by atoms with E-state index in [9.17, 15) is 14.4 Å². The van der Waals surface area contributed by atoms with Gasteiger partial charge >= 0.3 is 6.03 Å². The number of nitrogens with two attached hydrogens (primary N) is 1. The number of H-pyrrole nitrogens is 1. The quantitative estimate of drug-likeness (QED) is 0.544. The van der Waals surface area contributed by atoms with Crippen LogP contribution in [-0.2, 0) is 17.6 Å². The average Bonchev–Trinajstić information content (AvgIpc) is 2.88. The van der Waals surface area contributed by atoms with Crippen molar-refractivity contribution in [1.29, 1.82) is 0 Å². The molecule has 3 rings (SSSR count). The predicted molar refractivity (Wildman–Crippen MR) is 104 cm³/mol. The van der Waals surface area contributed by atoms with Crippen LogP contribution < -0.4 is 16.6 Å². The fourth-order valence-corrected chi connectivity index (χ4v) is 5.61. The molecule has 7 nitrogen and oxygen atoms in total. The number of hydrogen-bond acceptors (Lipinski definition) is 6. The molecule has 3 amide bonds. The number of thiophene rings is 1. The number of aryl methyl sites for hydroxylation is 1. The van der Waals surface area contributed by atoms with Crippen LogP contribution in [0.1, 0.15) is 37.6 Å². The van der Waals surface area contributed by atoms with Crippen molar-refractivity contribution >= 4 is 45.3 Å². The van der Waals surface area contributed by atoms with Crippen LogP contribution in [0.5, 0.6) is 0 Å². The molecule has 26 heavy (non-hydrogen) atoms. The molecule has 0 saturated carbocycles. The van der Waals surface area contributed by atoms with Crippen molar-refractivity contribution in [3.8, 4) is 0 Å². The number of aromatic amines is 1. The zero-order valence-electron chi connectivity index (χ0n) is 14.9. The lowest BCUT2D eigenvalue weighted by Gasteiger charge is -2.18. The van der Waals surface area contributed by atoms with E-state index in [1.54, 1.807) is 11.3 Å². The third-order valence-electron chi connectivity index (χ3n) is 4.49. The van der Waals surface area contributed by atoms with Crippen LogP contribution in [0.2, 0.25) is 0 Å². The molecule has 0 spiro atoms. The molecular formula is C17H22N4O3S2. The number of carbonyl (C=O) groups excluding carboxylic acids is 2. The van der Waals surface area contributed by atoms with Crippen LogP contribution >= 0.6 is 23.1 Å². The van der Waals surface area contributed by atoms with Gasteiger partial charge in [-0.3, -0.25) is 14.9 Å². The number of primary amides is 1. The van der Waals surface area contributed by atoms with Gasteiger partial charge in [0.05, 0.1) is 10.6 Å². The second-order valence-corrected chi connectivity index (χ2v) is 9.25. The lowest BCUT2D eigenvalue weighted by atomic mass is 9.89. The van der Waals surface area contributed by atoms with Crippen LogP contribution in [0.15, 0.2) is 9.95 Å². The first-order valence-electron chi connectivity index (χ1n) is 8.57. The maximum absolute atomic E-state index is 12.6. The van der Waals surface area contributed by atoms with Crippen molar-refractivity contribution < 1.29 is 9.59 Å². The molecule has 140 valence electrons. The number of urea groups is 1. The Labute approximate surface area is 159 Å². The SMILES string of the molecule is CC(C)[C@@H](Sc1nc2sc3c(c2c(=O)[nH]1)CC[C@H](C)C3)C(=O)NC(N)=O. The maximum Gasteiger partial charge on any atom is 0.318 e. The third-order valence-corrected chi connectivity index (χ3v) is 7.07. The van der Waals surface area contributed by atoms with Gasteiger partial charge < -0.3 is 10.7 Å². The van der Waals surface area contributed by atoms with Gasteiger partial charge in [-0.1, -0.05) is 32.5 Å². The number of rotatable bonds is 4. The lowest BCUT2D eigenvalue weighted by Crippen LogP contribution is -2.42. The Morgan fingerprint density at radius 3 is 2.81 bits per heavy atom. The molecular weight excluding hydrogens is 372 g/mol. The van der Waals surface area contributed by atoms with E-state index < -0.39 is 17.2 Å². The highest BCUT2D eigenvalue weighted by Gasteiger charge is 2.27. The highest BCUT2D eigenvalue weighted by molar-refractivity contribution is 8.00. The monoisotopic (exact) mass is 394 g/mol. The van der Waals surface area contributed by atoms with E-state index in [0.29, 0.717) is 21.3 Å². The van der Waals surface area contributed by atoms with Crippen molar-refractivity contribution in [1.82, 2.24) is 15.3 Å². The fraction of sp³-hybridized carbons (Fsp3) is 0.529. The number of hydrogen-bond donors (Lipinski definition) is 3. The van der Waals surface area contributed by atoms with Gasteiger partial charge in [0, 0.05) is 4.88 Å². The molecule has 0 saturated heterocycles. The van der Waals surface area contributed by atoms with Gasteiger partial charge in [0.1, 0.15) is 4.83 Å². The van der Waals surface area contributed by atoms with E-state index in [0.717, 1.165) is 36.6 Å². The second kappa shape index (κ2) is 7.40. The van der Waals surface area contributed by atoms with Gasteiger partial charge in [0.2, 0.25) is 5.91 Å². The zero-order valence-corrected chi connectivity index (χ0v) is 16.6. The molecule has 2 atom stereocenters. The molecule has 0 radical (unpaired) electrons. The van der Waals surface area contributed by atoms with E-state index in [2.05, 4.69) is 22.2 Å². The minimum absolute atomic E-state index is 0.0715. The van der Waals surface area contributed by atoms with Crippen molar-refractivity contribution in [2.75, 3.05) is 0 Å². The lowest BCUT2D eigenvalue weighted by molar-refractivity contribution is -0.120. The highest BCUT2D eigenvalue weighted by Crippen LogP contribution is 2.36. The summed E-state index contributed by atoms with van der Waals surface area (Å²) in [6.45, 7) is 5.94. The molecule has 0 unspecified atom stereocenters. The molecule has 2 aromatic heterocycles. The molecule has 2 aromatic rings. The van der Waals surface area contributed by atoms with Crippen LogP contribution in [-0.4, -0.2) is 27.2 Å². The average molecular weight is 395 g/mol. The molecule has 0 bridgehead atoms. The first-order chi connectivity index (χ1) is 12.3. The number of carbonyl (C=O) groups is 2. The predicted octanol–water partition coefficient (Wildman–Crippen LogP) is 2.42. The van der Waals surface area contributed by atoms with Crippen LogP contribution in [0, 0.1) is 11.8 Å². The van der Waals surface area contributed by atoms with Gasteiger partial charge in [-0.25, -0.2) is 9.78 Å². The summed E-state index contributed by atoms with van der Waals surface area (Å²) in [7, 11) is 0. The van der Waals surface area contributed by atoms with E-state index in [-0.39, 0.29) is 11.5 Å². The first kappa shape index (κ1) is 18.9. The van der Waals surface area contributed by atoms with Crippen molar-refractivity contribution in [3.05, 3.63) is 20.8 Å². The number of imide groups is 1. The molecule has 1 aliphatic rings. The van der Waals surface area contributed by atoms with Crippen molar-refractivity contribution in [2.24, 2.45) is 17.6 Å². The van der Waals surface area contributed by atoms with Crippen LogP contribution in [0.3, 0.4) is 0 Å². The molecule has 0 aliphatic heterocycles. The summed E-state index contributed by atoms with van der Waals surface area (Å²) in [6, 6.07) is -0.891. The van der Waals surface area contributed by atoms with Gasteiger partial charge in [0.25, 0.3) is 5.56 Å². The Morgan fingerprint density at radius 2 is 2.15 bits per heavy atom. The maximum atomic E-state index is 12.6. The molecule has 4 N–H and O–H groups in total. The van der Waals surface area contributed by atoms with Gasteiger partial charge in [-0.15, -0.1) is 11.3 Å². The number of nitrogens with one attached hydrogen (secondary N) is 2. The number of amides is 3. The van der Waals surface area contributed by atoms with E-state index in [1.807, 2.05) is 13.8 Å². The number of thioether (sulfide) groups is 1. The summed E-state index contributed by atoms with van der Waals surface area (Å²) in [5, 5.41) is 2.58. The second-order valence-electron chi connectivity index (χ2n) is 7.04. The Bertz CT molecular complexity index is 919. The Kier molecular flexibility index (Phi) is 5.38. The molecule has 1 aliphatic carbocycles. The number of fused-ring (bicyclic) bond motifs is 3. The molecule has 0 aromatic carbocycles. The summed E-state index contributed by atoms with van der Waals surface area (Å²) in [5.74, 6) is 0.0589. The fourth-order valence-electron chi connectivity index (χ4n) is 3.19. The topological polar surface area (TPSA) is 118 Å². The Balaban J connectivity index is 1.94. The Morgan fingerprint density at radius 1 is 1.42 bits per heavy atom. The summed E-state index contributed by atoms with van der Waals surface area (Å²) in [5.41, 5.74) is 6.00. The van der Waals surface area contributed by atoms with Crippen molar-refractivity contribution in [2.45, 2.75) is 50.4 Å². The first-order valence-corrected chi connectivity index (χ1v) is 10.3. The van der Waals surface area contributed by atoms with Crippen LogP contribution in [0.25, 0.3) is 10.2 Å². The van der Waals surface area contributed by atoms with Gasteiger partial charge in [-0.05, 0) is 36.7 Å². The normalized spacial score (nSPS) is 17.9. The minimum atomic E-state index is -0.891. The zero-order chi connectivity index (χ0) is 19.0. The standard InChI is InChI=1S/C17H22N4O3S2/c1-7(2)12(14(23)19-16(18)24)26-17-20-13(22)11-9-5-4-8(3)6-10(9)25-15(11)21-17/h7-8,12H,4-6H2,1-3H3,(H,20,21,22)(H3,18,19,23,24)/t8-,12+/m0/s1. The van der Waals surface area contributed by atoms with Crippen LogP contribution in [0.4, 0.5) is 4.79 Å². The summed E-state index contributed by atoms with van der Waals surface area (Å²) >= 11 is 2.71. The Hall–Kier alpha value is -1.87. The van der Waals surface area contributed by atoms with Gasteiger partial charge in [0.15, 0.2) is 5.16 Å².